The number of rotatable bonds is 7. The van der Waals surface area contributed by atoms with Gasteiger partial charge in [0.2, 0.25) is 5.91 Å². The number of anilines is 2. The first kappa shape index (κ1) is 20.4. The van der Waals surface area contributed by atoms with E-state index in [-0.39, 0.29) is 16.7 Å². The summed E-state index contributed by atoms with van der Waals surface area (Å²) in [7, 11) is -3.89. The first-order valence-electron chi connectivity index (χ1n) is 8.56. The number of carbonyl (C=O) groups is 2. The van der Waals surface area contributed by atoms with Crippen LogP contribution in [0.2, 0.25) is 0 Å². The summed E-state index contributed by atoms with van der Waals surface area (Å²) in [4.78, 5) is 25.2. The Balaban J connectivity index is 2.28. The summed E-state index contributed by atoms with van der Waals surface area (Å²) >= 11 is 0. The van der Waals surface area contributed by atoms with Gasteiger partial charge in [-0.1, -0.05) is 12.1 Å². The number of benzene rings is 2. The summed E-state index contributed by atoms with van der Waals surface area (Å²) < 4.78 is 27.9. The Bertz CT molecular complexity index is 937. The summed E-state index contributed by atoms with van der Waals surface area (Å²) in [5, 5.41) is 2.60. The Labute approximate surface area is 159 Å². The fourth-order valence-electron chi connectivity index (χ4n) is 2.57. The lowest BCUT2D eigenvalue weighted by molar-refractivity contribution is -0.114. The van der Waals surface area contributed by atoms with Crippen LogP contribution in [-0.4, -0.2) is 38.2 Å². The highest BCUT2D eigenvalue weighted by Gasteiger charge is 2.18. The second-order valence-corrected chi connectivity index (χ2v) is 7.56. The Hall–Kier alpha value is -2.87. The molecule has 0 fully saturated rings. The van der Waals surface area contributed by atoms with E-state index >= 15 is 0 Å². The first-order valence-corrected chi connectivity index (χ1v) is 10.0. The second-order valence-electron chi connectivity index (χ2n) is 5.87. The molecule has 0 saturated carbocycles. The molecule has 2 amide bonds. The molecule has 8 heteroatoms. The van der Waals surface area contributed by atoms with Crippen LogP contribution in [0.5, 0.6) is 0 Å². The zero-order valence-electron chi connectivity index (χ0n) is 15.5. The van der Waals surface area contributed by atoms with Crippen LogP contribution in [0.1, 0.15) is 31.1 Å². The lowest BCUT2D eigenvalue weighted by atomic mass is 10.2. The van der Waals surface area contributed by atoms with E-state index in [2.05, 4.69) is 10.0 Å². The third-order valence-corrected chi connectivity index (χ3v) is 5.26. The summed E-state index contributed by atoms with van der Waals surface area (Å²) in [6.45, 7) is 6.19. The van der Waals surface area contributed by atoms with Gasteiger partial charge >= 0.3 is 0 Å². The predicted octanol–water partition coefficient (Wildman–Crippen LogP) is 2.93. The van der Waals surface area contributed by atoms with Gasteiger partial charge < -0.3 is 10.2 Å². The van der Waals surface area contributed by atoms with Crippen molar-refractivity contribution in [2.45, 2.75) is 25.7 Å². The van der Waals surface area contributed by atoms with E-state index in [9.17, 15) is 18.0 Å². The predicted molar refractivity (Wildman–Crippen MR) is 105 cm³/mol. The zero-order chi connectivity index (χ0) is 20.0. The quantitative estimate of drug-likeness (QED) is 0.761. The highest BCUT2D eigenvalue weighted by atomic mass is 32.2. The molecule has 27 heavy (non-hydrogen) atoms. The Morgan fingerprint density at radius 2 is 1.59 bits per heavy atom. The van der Waals surface area contributed by atoms with Gasteiger partial charge in [0.25, 0.3) is 15.9 Å². The molecule has 0 aliphatic heterocycles. The normalized spacial score (nSPS) is 10.9. The van der Waals surface area contributed by atoms with E-state index in [0.29, 0.717) is 30.0 Å². The lowest BCUT2D eigenvalue weighted by Gasteiger charge is -2.19. The van der Waals surface area contributed by atoms with Crippen LogP contribution in [0.4, 0.5) is 11.4 Å². The average molecular weight is 389 g/mol. The van der Waals surface area contributed by atoms with Crippen LogP contribution >= 0.6 is 0 Å². The zero-order valence-corrected chi connectivity index (χ0v) is 16.3. The third-order valence-electron chi connectivity index (χ3n) is 3.88. The molecule has 0 aromatic heterocycles. The number of hydrogen-bond donors (Lipinski definition) is 2. The van der Waals surface area contributed by atoms with E-state index in [4.69, 9.17) is 0 Å². The molecule has 0 unspecified atom stereocenters. The maximum absolute atomic E-state index is 12.7. The molecule has 2 aromatic rings. The van der Waals surface area contributed by atoms with Gasteiger partial charge in [0.05, 0.1) is 10.6 Å². The number of amides is 2. The van der Waals surface area contributed by atoms with Gasteiger partial charge in [0.1, 0.15) is 0 Å². The Kier molecular flexibility index (Phi) is 6.57. The summed E-state index contributed by atoms with van der Waals surface area (Å²) in [6, 6.07) is 12.3. The molecule has 7 nitrogen and oxygen atoms in total. The molecule has 0 aliphatic rings. The van der Waals surface area contributed by atoms with Crippen molar-refractivity contribution in [2.24, 2.45) is 0 Å². The smallest absolute Gasteiger partial charge is 0.261 e. The van der Waals surface area contributed by atoms with Crippen molar-refractivity contribution < 1.29 is 18.0 Å². The highest BCUT2D eigenvalue weighted by Crippen LogP contribution is 2.20. The minimum Gasteiger partial charge on any atom is -0.339 e. The van der Waals surface area contributed by atoms with E-state index < -0.39 is 10.0 Å². The van der Waals surface area contributed by atoms with Gasteiger partial charge in [-0.25, -0.2) is 8.42 Å². The molecule has 0 radical (unpaired) electrons. The summed E-state index contributed by atoms with van der Waals surface area (Å²) in [5.74, 6) is -0.470. The standard InChI is InChI=1S/C19H23N3O4S/c1-4-22(5-2)19(24)15-8-6-11-18(12-15)27(25,26)21-17-10-7-9-16(13-17)20-14(3)23/h6-13,21H,4-5H2,1-3H3,(H,20,23). The fraction of sp³-hybridized carbons (Fsp3) is 0.263. The van der Waals surface area contributed by atoms with Gasteiger partial charge in [0.15, 0.2) is 0 Å². The van der Waals surface area contributed by atoms with Crippen molar-refractivity contribution >= 4 is 33.2 Å². The van der Waals surface area contributed by atoms with Crippen molar-refractivity contribution in [3.8, 4) is 0 Å². The van der Waals surface area contributed by atoms with Crippen molar-refractivity contribution in [3.63, 3.8) is 0 Å². The van der Waals surface area contributed by atoms with Gasteiger partial charge in [-0.15, -0.1) is 0 Å². The number of hydrogen-bond acceptors (Lipinski definition) is 4. The van der Waals surface area contributed by atoms with Crippen molar-refractivity contribution in [1.82, 2.24) is 4.90 Å². The minimum atomic E-state index is -3.89. The molecule has 0 atom stereocenters. The molecule has 0 saturated heterocycles. The molecule has 0 bridgehead atoms. The van der Waals surface area contributed by atoms with Gasteiger partial charge in [-0.3, -0.25) is 14.3 Å². The van der Waals surface area contributed by atoms with Crippen molar-refractivity contribution in [2.75, 3.05) is 23.1 Å². The van der Waals surface area contributed by atoms with E-state index in [1.54, 1.807) is 35.2 Å². The molecule has 0 aliphatic carbocycles. The number of sulfonamides is 1. The van der Waals surface area contributed by atoms with E-state index in [1.165, 1.54) is 25.1 Å². The number of nitrogens with one attached hydrogen (secondary N) is 2. The minimum absolute atomic E-state index is 0.00886. The third kappa shape index (κ3) is 5.30. The molecule has 144 valence electrons. The Morgan fingerprint density at radius 3 is 2.22 bits per heavy atom. The van der Waals surface area contributed by atoms with Gasteiger partial charge in [-0.2, -0.15) is 0 Å². The van der Waals surface area contributed by atoms with E-state index in [1.807, 2.05) is 13.8 Å². The number of nitrogens with zero attached hydrogens (tertiary/aromatic N) is 1. The maximum Gasteiger partial charge on any atom is 0.261 e. The highest BCUT2D eigenvalue weighted by molar-refractivity contribution is 7.92. The molecular weight excluding hydrogens is 366 g/mol. The van der Waals surface area contributed by atoms with Gasteiger partial charge in [0, 0.05) is 31.3 Å². The maximum atomic E-state index is 12.7. The van der Waals surface area contributed by atoms with Crippen LogP contribution in [0, 0.1) is 0 Å². The van der Waals surface area contributed by atoms with E-state index in [0.717, 1.165) is 0 Å². The molecule has 2 N–H and O–H groups in total. The van der Waals surface area contributed by atoms with Crippen LogP contribution < -0.4 is 10.0 Å². The van der Waals surface area contributed by atoms with Crippen LogP contribution in [0.15, 0.2) is 53.4 Å². The van der Waals surface area contributed by atoms with Gasteiger partial charge in [-0.05, 0) is 50.2 Å². The lowest BCUT2D eigenvalue weighted by Crippen LogP contribution is -2.30. The van der Waals surface area contributed by atoms with Crippen LogP contribution in [0.25, 0.3) is 0 Å². The van der Waals surface area contributed by atoms with Crippen molar-refractivity contribution in [3.05, 3.63) is 54.1 Å². The van der Waals surface area contributed by atoms with Crippen LogP contribution in [-0.2, 0) is 14.8 Å². The molecule has 2 rings (SSSR count). The molecular formula is C19H23N3O4S. The second kappa shape index (κ2) is 8.68. The van der Waals surface area contributed by atoms with Crippen molar-refractivity contribution in [1.29, 1.82) is 0 Å². The topological polar surface area (TPSA) is 95.6 Å². The number of carbonyl (C=O) groups excluding carboxylic acids is 2. The van der Waals surface area contributed by atoms with Crippen LogP contribution in [0.3, 0.4) is 0 Å². The monoisotopic (exact) mass is 389 g/mol. The first-order chi connectivity index (χ1) is 12.8. The molecule has 2 aromatic carbocycles. The largest absolute Gasteiger partial charge is 0.339 e. The Morgan fingerprint density at radius 1 is 0.963 bits per heavy atom. The summed E-state index contributed by atoms with van der Waals surface area (Å²) in [6.07, 6.45) is 0. The molecule has 0 heterocycles. The fourth-order valence-corrected chi connectivity index (χ4v) is 3.66. The summed E-state index contributed by atoms with van der Waals surface area (Å²) in [5.41, 5.74) is 1.10. The molecule has 0 spiro atoms. The average Bonchev–Trinajstić information content (AvgIpc) is 2.62. The SMILES string of the molecule is CCN(CC)C(=O)c1cccc(S(=O)(=O)Nc2cccc(NC(C)=O)c2)c1.